The van der Waals surface area contributed by atoms with Crippen molar-refractivity contribution in [3.63, 3.8) is 0 Å². The topological polar surface area (TPSA) is 52.3 Å². The largest absolute Gasteiger partial charge is 0.469 e. The number of hydrogen-bond acceptors (Lipinski definition) is 3. The molecule has 2 aliphatic carbocycles. The van der Waals surface area contributed by atoms with E-state index in [-0.39, 0.29) is 5.97 Å². The van der Waals surface area contributed by atoms with Gasteiger partial charge in [0.25, 0.3) is 0 Å². The molecule has 2 aliphatic rings. The smallest absolute Gasteiger partial charge is 0.305 e. The molecule has 0 radical (unpaired) electrons. The van der Waals surface area contributed by atoms with Gasteiger partial charge in [-0.2, -0.15) is 0 Å². The highest BCUT2D eigenvalue weighted by atomic mass is 16.5. The lowest BCUT2D eigenvalue weighted by Crippen LogP contribution is -2.35. The molecule has 2 fully saturated rings. The van der Waals surface area contributed by atoms with Gasteiger partial charge in [-0.05, 0) is 56.3 Å². The summed E-state index contributed by atoms with van der Waals surface area (Å²) in [5, 5.41) is 0. The lowest BCUT2D eigenvalue weighted by Gasteiger charge is -2.27. The molecular weight excluding hydrogens is 226 g/mol. The minimum Gasteiger partial charge on any atom is -0.469 e. The van der Waals surface area contributed by atoms with Gasteiger partial charge < -0.3 is 10.5 Å². The number of unbranched alkanes of at least 4 members (excludes halogenated alkanes) is 1. The number of ether oxygens (including phenoxy) is 1. The maximum atomic E-state index is 10.9. The predicted octanol–water partition coefficient (Wildman–Crippen LogP) is 2.65. The summed E-state index contributed by atoms with van der Waals surface area (Å²) in [7, 11) is 1.44. The third-order valence-corrected chi connectivity index (χ3v) is 4.71. The molecule has 2 N–H and O–H groups in total. The third-order valence-electron chi connectivity index (χ3n) is 4.71. The lowest BCUT2D eigenvalue weighted by atomic mass is 9.83. The van der Waals surface area contributed by atoms with Gasteiger partial charge in [-0.1, -0.05) is 12.2 Å². The highest BCUT2D eigenvalue weighted by Crippen LogP contribution is 2.48. The van der Waals surface area contributed by atoms with Crippen molar-refractivity contribution in [1.82, 2.24) is 0 Å². The van der Waals surface area contributed by atoms with Crippen molar-refractivity contribution < 1.29 is 9.53 Å². The Balaban J connectivity index is 1.61. The number of hydrogen-bond donors (Lipinski definition) is 1. The molecule has 0 aromatic carbocycles. The van der Waals surface area contributed by atoms with E-state index in [1.165, 1.54) is 26.4 Å². The predicted molar refractivity (Wildman–Crippen MR) is 71.9 cm³/mol. The van der Waals surface area contributed by atoms with Gasteiger partial charge in [-0.15, -0.1) is 0 Å². The second-order valence-corrected chi connectivity index (χ2v) is 5.75. The molecule has 3 nitrogen and oxygen atoms in total. The summed E-state index contributed by atoms with van der Waals surface area (Å²) in [6, 6.07) is 0.434. The Morgan fingerprint density at radius 1 is 1.33 bits per heavy atom. The first-order valence-electron chi connectivity index (χ1n) is 7.19. The molecule has 0 heterocycles. The molecule has 3 heteroatoms. The number of carbonyl (C=O) groups is 1. The van der Waals surface area contributed by atoms with E-state index >= 15 is 0 Å². The van der Waals surface area contributed by atoms with Gasteiger partial charge >= 0.3 is 5.97 Å². The van der Waals surface area contributed by atoms with Gasteiger partial charge in [-0.3, -0.25) is 4.79 Å². The Morgan fingerprint density at radius 2 is 2.11 bits per heavy atom. The highest BCUT2D eigenvalue weighted by molar-refractivity contribution is 5.68. The van der Waals surface area contributed by atoms with Gasteiger partial charge in [0.05, 0.1) is 7.11 Å². The summed E-state index contributed by atoms with van der Waals surface area (Å²) >= 11 is 0. The fraction of sp³-hybridized carbons (Fsp3) is 0.800. The Hall–Kier alpha value is -0.830. The number of methoxy groups -OCH3 is 1. The Morgan fingerprint density at radius 3 is 2.78 bits per heavy atom. The number of fused-ring (bicyclic) bond motifs is 2. The van der Waals surface area contributed by atoms with Crippen LogP contribution >= 0.6 is 0 Å². The molecule has 0 saturated heterocycles. The van der Waals surface area contributed by atoms with Crippen LogP contribution in [0.3, 0.4) is 0 Å². The zero-order valence-corrected chi connectivity index (χ0v) is 11.3. The van der Waals surface area contributed by atoms with Crippen molar-refractivity contribution in [2.24, 2.45) is 23.5 Å². The van der Waals surface area contributed by atoms with E-state index in [1.807, 2.05) is 0 Å². The molecule has 1 unspecified atom stereocenters. The van der Waals surface area contributed by atoms with E-state index in [0.717, 1.165) is 31.1 Å². The quantitative estimate of drug-likeness (QED) is 0.448. The minimum absolute atomic E-state index is 0.112. The maximum Gasteiger partial charge on any atom is 0.305 e. The van der Waals surface area contributed by atoms with Crippen LogP contribution in [0.15, 0.2) is 12.2 Å². The van der Waals surface area contributed by atoms with E-state index in [9.17, 15) is 4.79 Å². The van der Waals surface area contributed by atoms with Crippen LogP contribution in [0, 0.1) is 17.8 Å². The van der Waals surface area contributed by atoms with Crippen LogP contribution in [0.1, 0.15) is 44.9 Å². The van der Waals surface area contributed by atoms with Crippen molar-refractivity contribution in [1.29, 1.82) is 0 Å². The molecular formula is C15H25NO2. The van der Waals surface area contributed by atoms with Gasteiger partial charge in [0.2, 0.25) is 0 Å². The maximum absolute atomic E-state index is 10.9. The molecule has 4 atom stereocenters. The van der Waals surface area contributed by atoms with Crippen LogP contribution in [-0.2, 0) is 9.53 Å². The standard InChI is InChI=1S/C15H25NO2/c1-18-14(17)7-5-3-2-4-6-13-11-8-9-12(10-11)15(13)16/h2,4,11-13,15H,3,5-10,16H2,1H3/b4-2-/t11-,12+,13+,15?/m0/s1. The highest BCUT2D eigenvalue weighted by Gasteiger charge is 2.44. The van der Waals surface area contributed by atoms with Crippen molar-refractivity contribution in [3.05, 3.63) is 12.2 Å². The summed E-state index contributed by atoms with van der Waals surface area (Å²) in [6.45, 7) is 0. The number of esters is 1. The third kappa shape index (κ3) is 3.14. The Bertz CT molecular complexity index is 312. The van der Waals surface area contributed by atoms with Crippen LogP contribution in [0.5, 0.6) is 0 Å². The van der Waals surface area contributed by atoms with Gasteiger partial charge in [0.1, 0.15) is 0 Å². The summed E-state index contributed by atoms with van der Waals surface area (Å²) < 4.78 is 4.61. The molecule has 2 bridgehead atoms. The van der Waals surface area contributed by atoms with Crippen LogP contribution in [0.2, 0.25) is 0 Å². The molecule has 0 aromatic rings. The van der Waals surface area contributed by atoms with Gasteiger partial charge in [0, 0.05) is 12.5 Å². The van der Waals surface area contributed by atoms with Crippen LogP contribution in [0.4, 0.5) is 0 Å². The normalized spacial score (nSPS) is 34.3. The first-order chi connectivity index (χ1) is 8.72. The van der Waals surface area contributed by atoms with Crippen LogP contribution in [-0.4, -0.2) is 19.1 Å². The second kappa shape index (κ2) is 6.37. The van der Waals surface area contributed by atoms with E-state index < -0.39 is 0 Å². The molecule has 2 saturated carbocycles. The summed E-state index contributed by atoms with van der Waals surface area (Å²) in [5.74, 6) is 2.27. The molecule has 0 amide bonds. The fourth-order valence-electron chi connectivity index (χ4n) is 3.64. The summed E-state index contributed by atoms with van der Waals surface area (Å²) in [5.41, 5.74) is 6.27. The van der Waals surface area contributed by atoms with Crippen LogP contribution in [0.25, 0.3) is 0 Å². The summed E-state index contributed by atoms with van der Waals surface area (Å²) in [4.78, 5) is 10.9. The molecule has 2 rings (SSSR count). The first kappa shape index (κ1) is 13.6. The van der Waals surface area contributed by atoms with E-state index in [4.69, 9.17) is 5.73 Å². The molecule has 0 aliphatic heterocycles. The molecule has 0 aromatic heterocycles. The summed E-state index contributed by atoms with van der Waals surface area (Å²) in [6.07, 6.45) is 12.1. The zero-order chi connectivity index (χ0) is 13.0. The van der Waals surface area contributed by atoms with Crippen molar-refractivity contribution in [2.45, 2.75) is 51.0 Å². The zero-order valence-electron chi connectivity index (χ0n) is 11.3. The van der Waals surface area contributed by atoms with E-state index in [1.54, 1.807) is 0 Å². The second-order valence-electron chi connectivity index (χ2n) is 5.75. The average molecular weight is 251 g/mol. The van der Waals surface area contributed by atoms with Crippen LogP contribution < -0.4 is 5.73 Å². The lowest BCUT2D eigenvalue weighted by molar-refractivity contribution is -0.140. The monoisotopic (exact) mass is 251 g/mol. The molecule has 18 heavy (non-hydrogen) atoms. The SMILES string of the molecule is COC(=O)CCC/C=C\C[C@H]1C(N)[C@@H]2CC[C@H]1C2. The van der Waals surface area contributed by atoms with Gasteiger partial charge in [0.15, 0.2) is 0 Å². The van der Waals surface area contributed by atoms with Crippen molar-refractivity contribution in [3.8, 4) is 0 Å². The average Bonchev–Trinajstić information content (AvgIpc) is 2.95. The first-order valence-corrected chi connectivity index (χ1v) is 7.19. The number of rotatable bonds is 6. The van der Waals surface area contributed by atoms with Gasteiger partial charge in [-0.25, -0.2) is 0 Å². The molecule has 0 spiro atoms. The van der Waals surface area contributed by atoms with Crippen molar-refractivity contribution >= 4 is 5.97 Å². The van der Waals surface area contributed by atoms with Crippen molar-refractivity contribution in [2.75, 3.05) is 7.11 Å². The molecule has 102 valence electrons. The Kier molecular flexibility index (Phi) is 4.81. The Labute approximate surface area is 110 Å². The number of nitrogens with two attached hydrogens (primary N) is 1. The minimum atomic E-state index is -0.112. The number of carbonyl (C=O) groups excluding carboxylic acids is 1. The van der Waals surface area contributed by atoms with E-state index in [2.05, 4.69) is 16.9 Å². The number of allylic oxidation sites excluding steroid dienone is 2. The van der Waals surface area contributed by atoms with E-state index in [0.29, 0.717) is 18.4 Å². The fourth-order valence-corrected chi connectivity index (χ4v) is 3.64.